The monoisotopic (exact) mass is 142 g/mol. The Hall–Kier alpha value is -0.830. The van der Waals surface area contributed by atoms with Crippen LogP contribution in [0.5, 0.6) is 0 Å². The molecule has 0 rings (SSSR count). The van der Waals surface area contributed by atoms with Gasteiger partial charge in [-0.25, -0.2) is 0 Å². The summed E-state index contributed by atoms with van der Waals surface area (Å²) in [6.07, 6.45) is 0. The molecule has 0 atom stereocenters. The van der Waals surface area contributed by atoms with Gasteiger partial charge in [0.15, 0.2) is 0 Å². The molecule has 0 saturated carbocycles. The molecule has 0 unspecified atom stereocenters. The van der Waals surface area contributed by atoms with Crippen molar-refractivity contribution < 1.29 is 4.79 Å². The van der Waals surface area contributed by atoms with Crippen LogP contribution in [0.2, 0.25) is 0 Å². The van der Waals surface area contributed by atoms with Gasteiger partial charge in [0.1, 0.15) is 0 Å². The zero-order chi connectivity index (χ0) is 7.98. The molecule has 0 heterocycles. The Kier molecular flexibility index (Phi) is 4.58. The first-order valence-electron chi connectivity index (χ1n) is 3.33. The van der Waals surface area contributed by atoms with Gasteiger partial charge in [-0.3, -0.25) is 4.79 Å². The minimum absolute atomic E-state index is 0.0724. The lowest BCUT2D eigenvalue weighted by molar-refractivity contribution is -0.117. The van der Waals surface area contributed by atoms with Crippen molar-refractivity contribution in [1.29, 1.82) is 0 Å². The van der Waals surface area contributed by atoms with Crippen LogP contribution in [0.4, 0.5) is 0 Å². The number of likely N-dealkylation sites (N-methyl/N-ethyl adjacent to an activating group) is 2. The summed E-state index contributed by atoms with van der Waals surface area (Å²) >= 11 is 0. The highest BCUT2D eigenvalue weighted by atomic mass is 16.1. The molecule has 0 aliphatic carbocycles. The summed E-state index contributed by atoms with van der Waals surface area (Å²) in [5, 5.41) is 5.50. The van der Waals surface area contributed by atoms with Crippen LogP contribution < -0.4 is 10.6 Å². The minimum atomic E-state index is -0.0724. The lowest BCUT2D eigenvalue weighted by Gasteiger charge is -2.03. The van der Waals surface area contributed by atoms with Gasteiger partial charge in [-0.05, 0) is 14.0 Å². The second kappa shape index (κ2) is 4.99. The fourth-order valence-electron chi connectivity index (χ4n) is 0.579. The first kappa shape index (κ1) is 9.17. The van der Waals surface area contributed by atoms with Gasteiger partial charge in [0.05, 0.1) is 0 Å². The number of carbonyl (C=O) groups is 1. The number of nitrogens with one attached hydrogen (secondary N) is 2. The van der Waals surface area contributed by atoms with Gasteiger partial charge in [-0.15, -0.1) is 0 Å². The molecule has 0 saturated heterocycles. The van der Waals surface area contributed by atoms with E-state index in [-0.39, 0.29) is 5.91 Å². The molecule has 1 amide bonds. The number of hydrogen-bond donors (Lipinski definition) is 2. The standard InChI is InChI=1S/C7H14N2O/c1-4-9-7(10)6(2)5-8-3/h8H,2,4-5H2,1,3H3,(H,9,10). The summed E-state index contributed by atoms with van der Waals surface area (Å²) in [5.74, 6) is -0.0724. The summed E-state index contributed by atoms with van der Waals surface area (Å²) in [6, 6.07) is 0. The van der Waals surface area contributed by atoms with Crippen LogP contribution in [-0.4, -0.2) is 26.0 Å². The lowest BCUT2D eigenvalue weighted by Crippen LogP contribution is -2.28. The number of amides is 1. The van der Waals surface area contributed by atoms with E-state index in [9.17, 15) is 4.79 Å². The Bertz CT molecular complexity index is 116. The predicted octanol–water partition coefficient (Wildman–Crippen LogP) is -0.102. The van der Waals surface area contributed by atoms with Gasteiger partial charge >= 0.3 is 0 Å². The molecule has 3 heteroatoms. The predicted molar refractivity (Wildman–Crippen MR) is 41.8 cm³/mol. The highest BCUT2D eigenvalue weighted by Crippen LogP contribution is 1.85. The second-order valence-corrected chi connectivity index (χ2v) is 1.99. The molecule has 0 aliphatic rings. The molecule has 0 aliphatic heterocycles. The number of carbonyl (C=O) groups excluding carboxylic acids is 1. The molecular weight excluding hydrogens is 128 g/mol. The molecule has 58 valence electrons. The van der Waals surface area contributed by atoms with Crippen molar-refractivity contribution in [1.82, 2.24) is 10.6 Å². The number of hydrogen-bond acceptors (Lipinski definition) is 2. The number of rotatable bonds is 4. The topological polar surface area (TPSA) is 41.1 Å². The van der Waals surface area contributed by atoms with E-state index in [1.165, 1.54) is 0 Å². The maximum absolute atomic E-state index is 10.9. The van der Waals surface area contributed by atoms with E-state index in [2.05, 4.69) is 17.2 Å². The first-order chi connectivity index (χ1) is 4.72. The molecule has 2 N–H and O–H groups in total. The lowest BCUT2D eigenvalue weighted by atomic mass is 10.3. The maximum Gasteiger partial charge on any atom is 0.247 e. The van der Waals surface area contributed by atoms with Gasteiger partial charge < -0.3 is 10.6 Å². The second-order valence-electron chi connectivity index (χ2n) is 1.99. The zero-order valence-electron chi connectivity index (χ0n) is 6.53. The van der Waals surface area contributed by atoms with E-state index in [0.29, 0.717) is 18.7 Å². The van der Waals surface area contributed by atoms with Crippen LogP contribution >= 0.6 is 0 Å². The Morgan fingerprint density at radius 1 is 1.60 bits per heavy atom. The van der Waals surface area contributed by atoms with Gasteiger partial charge in [0, 0.05) is 18.7 Å². The summed E-state index contributed by atoms with van der Waals surface area (Å²) in [5.41, 5.74) is 0.573. The Labute approximate surface area is 61.5 Å². The molecule has 3 nitrogen and oxygen atoms in total. The normalized spacial score (nSPS) is 9.00. The van der Waals surface area contributed by atoms with Crippen LogP contribution in [0.25, 0.3) is 0 Å². The molecular formula is C7H14N2O. The summed E-state index contributed by atoms with van der Waals surface area (Å²) in [6.45, 7) is 6.67. The van der Waals surface area contributed by atoms with Crippen LogP contribution in [0.1, 0.15) is 6.92 Å². The van der Waals surface area contributed by atoms with E-state index < -0.39 is 0 Å². The van der Waals surface area contributed by atoms with Crippen LogP contribution in [-0.2, 0) is 4.79 Å². The molecule has 0 aromatic rings. The zero-order valence-corrected chi connectivity index (χ0v) is 6.53. The fraction of sp³-hybridized carbons (Fsp3) is 0.571. The highest BCUT2D eigenvalue weighted by molar-refractivity contribution is 5.93. The van der Waals surface area contributed by atoms with E-state index in [1.54, 1.807) is 7.05 Å². The molecule has 0 aromatic carbocycles. The molecule has 0 aromatic heterocycles. The molecule has 10 heavy (non-hydrogen) atoms. The summed E-state index contributed by atoms with van der Waals surface area (Å²) in [4.78, 5) is 10.9. The van der Waals surface area contributed by atoms with E-state index in [4.69, 9.17) is 0 Å². The molecule has 0 bridgehead atoms. The van der Waals surface area contributed by atoms with Crippen molar-refractivity contribution in [3.63, 3.8) is 0 Å². The van der Waals surface area contributed by atoms with Crippen molar-refractivity contribution in [3.8, 4) is 0 Å². The van der Waals surface area contributed by atoms with Crippen molar-refractivity contribution in [2.45, 2.75) is 6.92 Å². The van der Waals surface area contributed by atoms with Crippen molar-refractivity contribution >= 4 is 5.91 Å². The Morgan fingerprint density at radius 2 is 2.20 bits per heavy atom. The molecule has 0 radical (unpaired) electrons. The fourth-order valence-corrected chi connectivity index (χ4v) is 0.579. The van der Waals surface area contributed by atoms with Crippen LogP contribution in [0.3, 0.4) is 0 Å². The smallest absolute Gasteiger partial charge is 0.247 e. The van der Waals surface area contributed by atoms with Crippen molar-refractivity contribution in [2.75, 3.05) is 20.1 Å². The van der Waals surface area contributed by atoms with Gasteiger partial charge in [0.2, 0.25) is 5.91 Å². The van der Waals surface area contributed by atoms with Gasteiger partial charge in [-0.2, -0.15) is 0 Å². The van der Waals surface area contributed by atoms with Crippen LogP contribution in [0.15, 0.2) is 12.2 Å². The summed E-state index contributed by atoms with van der Waals surface area (Å²) in [7, 11) is 1.78. The SMILES string of the molecule is C=C(CNC)C(=O)NCC. The largest absolute Gasteiger partial charge is 0.353 e. The first-order valence-corrected chi connectivity index (χ1v) is 3.33. The van der Waals surface area contributed by atoms with E-state index in [1.807, 2.05) is 6.92 Å². The average molecular weight is 142 g/mol. The van der Waals surface area contributed by atoms with Gasteiger partial charge in [-0.1, -0.05) is 6.58 Å². The van der Waals surface area contributed by atoms with Crippen molar-refractivity contribution in [3.05, 3.63) is 12.2 Å². The van der Waals surface area contributed by atoms with Crippen molar-refractivity contribution in [2.24, 2.45) is 0 Å². The summed E-state index contributed by atoms with van der Waals surface area (Å²) < 4.78 is 0. The Morgan fingerprint density at radius 3 is 2.60 bits per heavy atom. The van der Waals surface area contributed by atoms with Crippen LogP contribution in [0, 0.1) is 0 Å². The minimum Gasteiger partial charge on any atom is -0.353 e. The maximum atomic E-state index is 10.9. The molecule has 0 spiro atoms. The molecule has 0 fully saturated rings. The third kappa shape index (κ3) is 3.25. The quantitative estimate of drug-likeness (QED) is 0.538. The Balaban J connectivity index is 3.60. The third-order valence-corrected chi connectivity index (χ3v) is 1.05. The van der Waals surface area contributed by atoms with Gasteiger partial charge in [0.25, 0.3) is 0 Å². The third-order valence-electron chi connectivity index (χ3n) is 1.05. The van der Waals surface area contributed by atoms with E-state index in [0.717, 1.165) is 0 Å². The van der Waals surface area contributed by atoms with E-state index >= 15 is 0 Å². The highest BCUT2D eigenvalue weighted by Gasteiger charge is 2.01. The average Bonchev–Trinajstić information content (AvgIpc) is 1.89.